The Morgan fingerprint density at radius 1 is 1.22 bits per heavy atom. The molecule has 3 heterocycles. The molecule has 4 aromatic rings. The SMILES string of the molecule is CC(C)n1c(=O)n(C)c2nnc3cc(F)c(-c4ccc(OCCCOPI)nc4)cc3c21. The summed E-state index contributed by atoms with van der Waals surface area (Å²) in [6, 6.07) is 6.44. The van der Waals surface area contributed by atoms with Gasteiger partial charge in [0.2, 0.25) is 5.88 Å². The normalized spacial score (nSPS) is 12.1. The molecule has 1 aromatic carbocycles. The Bertz CT molecular complexity index is 1320. The zero-order chi connectivity index (χ0) is 22.8. The third-order valence-corrected chi connectivity index (χ3v) is 6.36. The number of ether oxygens (including phenoxy) is 1. The van der Waals surface area contributed by atoms with Crippen LogP contribution in [0.3, 0.4) is 0 Å². The molecule has 0 aliphatic rings. The van der Waals surface area contributed by atoms with Crippen molar-refractivity contribution in [2.45, 2.75) is 26.3 Å². The van der Waals surface area contributed by atoms with Gasteiger partial charge >= 0.3 is 5.69 Å². The Balaban J connectivity index is 1.73. The van der Waals surface area contributed by atoms with Crippen LogP contribution in [0.25, 0.3) is 33.2 Å². The van der Waals surface area contributed by atoms with Gasteiger partial charge < -0.3 is 9.26 Å². The fourth-order valence-electron chi connectivity index (χ4n) is 3.59. The number of aromatic nitrogens is 5. The quantitative estimate of drug-likeness (QED) is 0.172. The lowest BCUT2D eigenvalue weighted by Crippen LogP contribution is -2.23. The maximum Gasteiger partial charge on any atom is 0.330 e. The van der Waals surface area contributed by atoms with Crippen LogP contribution in [0, 0.1) is 5.82 Å². The van der Waals surface area contributed by atoms with Crippen molar-refractivity contribution in [3.8, 4) is 17.0 Å². The van der Waals surface area contributed by atoms with Gasteiger partial charge in [0.1, 0.15) is 11.3 Å². The van der Waals surface area contributed by atoms with E-state index in [0.717, 1.165) is 6.42 Å². The number of hydrogen-bond donors (Lipinski definition) is 0. The highest BCUT2D eigenvalue weighted by atomic mass is 127. The minimum atomic E-state index is -0.437. The van der Waals surface area contributed by atoms with Crippen LogP contribution in [0.4, 0.5) is 4.39 Å². The lowest BCUT2D eigenvalue weighted by molar-refractivity contribution is 0.258. The first-order valence-corrected chi connectivity index (χ1v) is 14.1. The fraction of sp³-hybridized carbons (Fsp3) is 0.333. The lowest BCUT2D eigenvalue weighted by Gasteiger charge is -2.11. The second-order valence-electron chi connectivity index (χ2n) is 7.54. The molecule has 0 N–H and O–H groups in total. The third kappa shape index (κ3) is 4.35. The van der Waals surface area contributed by atoms with Gasteiger partial charge in [0.15, 0.2) is 5.65 Å². The van der Waals surface area contributed by atoms with E-state index < -0.39 is 5.82 Å². The molecule has 168 valence electrons. The van der Waals surface area contributed by atoms with Crippen LogP contribution in [0.15, 0.2) is 35.3 Å². The summed E-state index contributed by atoms with van der Waals surface area (Å²) in [5.74, 6) is 0.0320. The molecular formula is C21H22FIN5O3P. The Morgan fingerprint density at radius 2 is 2.03 bits per heavy atom. The molecule has 0 radical (unpaired) electrons. The number of imidazole rings is 1. The van der Waals surface area contributed by atoms with E-state index in [0.29, 0.717) is 58.7 Å². The largest absolute Gasteiger partial charge is 0.478 e. The van der Waals surface area contributed by atoms with E-state index in [1.807, 2.05) is 13.8 Å². The molecule has 0 bridgehead atoms. The van der Waals surface area contributed by atoms with Gasteiger partial charge in [-0.05, 0) is 48.0 Å². The standard InChI is InChI=1S/C21H22FIN5O3P/c1-12(2)28-19-15-9-14(13-5-6-18(24-11-13)30-7-4-8-31-32-23)16(22)10-17(15)25-26-20(19)27(3)21(28)29/h5-6,9-12,32H,4,7-8H2,1-3H3. The van der Waals surface area contributed by atoms with Crippen molar-refractivity contribution in [2.24, 2.45) is 7.05 Å². The number of nitrogens with zero attached hydrogens (tertiary/aromatic N) is 5. The second-order valence-corrected chi connectivity index (χ2v) is 9.30. The van der Waals surface area contributed by atoms with Gasteiger partial charge in [-0.1, -0.05) is 0 Å². The van der Waals surface area contributed by atoms with Crippen molar-refractivity contribution < 1.29 is 13.7 Å². The van der Waals surface area contributed by atoms with Crippen LogP contribution in [-0.4, -0.2) is 37.5 Å². The number of rotatable bonds is 8. The highest BCUT2D eigenvalue weighted by Gasteiger charge is 2.20. The Hall–Kier alpha value is -2.17. The molecule has 1 unspecified atom stereocenters. The molecule has 0 amide bonds. The predicted octanol–water partition coefficient (Wildman–Crippen LogP) is 4.79. The summed E-state index contributed by atoms with van der Waals surface area (Å²) in [6.07, 6.45) is 2.35. The predicted molar refractivity (Wildman–Crippen MR) is 132 cm³/mol. The van der Waals surface area contributed by atoms with Gasteiger partial charge in [-0.25, -0.2) is 14.2 Å². The van der Waals surface area contributed by atoms with Crippen molar-refractivity contribution in [3.63, 3.8) is 0 Å². The van der Waals surface area contributed by atoms with E-state index in [2.05, 4.69) is 37.2 Å². The number of aryl methyl sites for hydroxylation is 1. The topological polar surface area (TPSA) is 84.1 Å². The van der Waals surface area contributed by atoms with Gasteiger partial charge in [-0.15, -0.1) is 10.2 Å². The van der Waals surface area contributed by atoms with Crippen molar-refractivity contribution in [2.75, 3.05) is 13.2 Å². The molecule has 4 rings (SSSR count). The molecule has 0 saturated carbocycles. The molecule has 32 heavy (non-hydrogen) atoms. The zero-order valence-corrected chi connectivity index (χ0v) is 21.0. The molecule has 3 aromatic heterocycles. The third-order valence-electron chi connectivity index (χ3n) is 5.12. The van der Waals surface area contributed by atoms with Crippen LogP contribution in [0.2, 0.25) is 0 Å². The van der Waals surface area contributed by atoms with E-state index in [-0.39, 0.29) is 11.7 Å². The summed E-state index contributed by atoms with van der Waals surface area (Å²) in [5, 5.41) is 8.96. The van der Waals surface area contributed by atoms with Crippen LogP contribution >= 0.6 is 28.5 Å². The van der Waals surface area contributed by atoms with Crippen LogP contribution in [-0.2, 0) is 11.6 Å². The molecule has 8 nitrogen and oxygen atoms in total. The first kappa shape index (κ1) is 23.0. The summed E-state index contributed by atoms with van der Waals surface area (Å²) in [6.45, 7) is 5.42. The van der Waals surface area contributed by atoms with Gasteiger partial charge in [-0.2, -0.15) is 0 Å². The molecule has 0 aliphatic heterocycles. The smallest absolute Gasteiger partial charge is 0.330 e. The molecule has 1 atom stereocenters. The first-order valence-electron chi connectivity index (χ1n) is 10.1. The van der Waals surface area contributed by atoms with Crippen LogP contribution < -0.4 is 10.4 Å². The Morgan fingerprint density at radius 3 is 2.72 bits per heavy atom. The number of benzene rings is 1. The first-order chi connectivity index (χ1) is 15.4. The van der Waals surface area contributed by atoms with Crippen molar-refractivity contribution >= 4 is 50.6 Å². The van der Waals surface area contributed by atoms with E-state index in [1.165, 1.54) is 10.6 Å². The number of hydrogen-bond acceptors (Lipinski definition) is 6. The molecule has 0 aliphatic carbocycles. The van der Waals surface area contributed by atoms with Gasteiger partial charge in [0.05, 0.1) is 25.2 Å². The molecule has 0 spiro atoms. The average molecular weight is 569 g/mol. The molecule has 11 heteroatoms. The van der Waals surface area contributed by atoms with E-state index in [9.17, 15) is 9.18 Å². The average Bonchev–Trinajstić information content (AvgIpc) is 3.04. The van der Waals surface area contributed by atoms with E-state index >= 15 is 0 Å². The highest BCUT2D eigenvalue weighted by molar-refractivity contribution is 14.2. The van der Waals surface area contributed by atoms with Crippen LogP contribution in [0.5, 0.6) is 5.88 Å². The van der Waals surface area contributed by atoms with Crippen molar-refractivity contribution in [3.05, 3.63) is 46.8 Å². The minimum Gasteiger partial charge on any atom is -0.478 e. The van der Waals surface area contributed by atoms with Crippen LogP contribution in [0.1, 0.15) is 26.3 Å². The summed E-state index contributed by atoms with van der Waals surface area (Å²) in [4.78, 5) is 17.0. The minimum absolute atomic E-state index is 0.0899. The van der Waals surface area contributed by atoms with Gasteiger partial charge in [-0.3, -0.25) is 9.13 Å². The molecule has 0 saturated heterocycles. The van der Waals surface area contributed by atoms with Crippen molar-refractivity contribution in [1.29, 1.82) is 0 Å². The summed E-state index contributed by atoms with van der Waals surface area (Å²) in [7, 11) is 1.66. The zero-order valence-electron chi connectivity index (χ0n) is 17.8. The Kier molecular flexibility index (Phi) is 7.02. The molecular weight excluding hydrogens is 547 g/mol. The summed E-state index contributed by atoms with van der Waals surface area (Å²) in [5.41, 5.74) is 2.28. The lowest BCUT2D eigenvalue weighted by atomic mass is 10.0. The number of fused-ring (bicyclic) bond motifs is 3. The summed E-state index contributed by atoms with van der Waals surface area (Å²) < 4.78 is 29.0. The highest BCUT2D eigenvalue weighted by Crippen LogP contribution is 2.31. The summed E-state index contributed by atoms with van der Waals surface area (Å²) >= 11 is 2.18. The second kappa shape index (κ2) is 9.76. The maximum absolute atomic E-state index is 15.0. The molecule has 0 fully saturated rings. The van der Waals surface area contributed by atoms with Gasteiger partial charge in [0.25, 0.3) is 0 Å². The fourth-order valence-corrected chi connectivity index (χ4v) is 4.47. The Labute approximate surface area is 198 Å². The van der Waals surface area contributed by atoms with Crippen molar-refractivity contribution in [1.82, 2.24) is 24.3 Å². The monoisotopic (exact) mass is 569 g/mol. The maximum atomic E-state index is 15.0. The number of pyridine rings is 1. The van der Waals surface area contributed by atoms with E-state index in [1.54, 1.807) is 36.0 Å². The van der Waals surface area contributed by atoms with E-state index in [4.69, 9.17) is 9.26 Å². The van der Waals surface area contributed by atoms with Gasteiger partial charge in [0, 0.05) is 54.4 Å². The number of halogens is 2.